The zero-order valence-corrected chi connectivity index (χ0v) is 10.5. The molecule has 1 aromatic carbocycles. The predicted octanol–water partition coefficient (Wildman–Crippen LogP) is 3.20. The summed E-state index contributed by atoms with van der Waals surface area (Å²) in [4.78, 5) is 0. The number of nitrogens with one attached hydrogen (secondary N) is 1. The first-order valence-corrected chi connectivity index (χ1v) is 6.45. The van der Waals surface area contributed by atoms with Gasteiger partial charge in [-0.3, -0.25) is 0 Å². The molecule has 0 amide bonds. The summed E-state index contributed by atoms with van der Waals surface area (Å²) in [6.07, 6.45) is 3.78. The Labute approximate surface area is 106 Å². The number of halogens is 2. The van der Waals surface area contributed by atoms with E-state index in [-0.39, 0.29) is 0 Å². The first-order chi connectivity index (χ1) is 8.58. The lowest BCUT2D eigenvalue weighted by molar-refractivity contribution is 0.387. The maximum Gasteiger partial charge on any atom is 0.187 e. The molecule has 2 rings (SSSR count). The summed E-state index contributed by atoms with van der Waals surface area (Å²) in [7, 11) is 0. The van der Waals surface area contributed by atoms with Gasteiger partial charge in [-0.05, 0) is 42.5 Å². The largest absolute Gasteiger partial charge is 0.503 e. The number of hydrogen-bond acceptors (Lipinski definition) is 2. The summed E-state index contributed by atoms with van der Waals surface area (Å²) in [6.45, 7) is 3.56. The molecule has 2 N–H and O–H groups in total. The van der Waals surface area contributed by atoms with Crippen LogP contribution in [-0.2, 0) is 6.54 Å². The van der Waals surface area contributed by atoms with Crippen LogP contribution in [-0.4, -0.2) is 11.7 Å². The van der Waals surface area contributed by atoms with Gasteiger partial charge in [0.05, 0.1) is 0 Å². The van der Waals surface area contributed by atoms with Gasteiger partial charge in [0.2, 0.25) is 0 Å². The van der Waals surface area contributed by atoms with E-state index in [4.69, 9.17) is 5.11 Å². The van der Waals surface area contributed by atoms with Crippen molar-refractivity contribution in [3.63, 3.8) is 0 Å². The highest BCUT2D eigenvalue weighted by atomic mass is 19.1. The van der Waals surface area contributed by atoms with Crippen molar-refractivity contribution in [3.05, 3.63) is 29.3 Å². The zero-order chi connectivity index (χ0) is 13.1. The Bertz CT molecular complexity index is 399. The zero-order valence-electron chi connectivity index (χ0n) is 10.5. The molecule has 1 aliphatic rings. The number of phenolic OH excluding ortho intramolecular Hbond substituents is 1. The van der Waals surface area contributed by atoms with Crippen molar-refractivity contribution in [3.8, 4) is 5.75 Å². The van der Waals surface area contributed by atoms with Gasteiger partial charge in [-0.2, -0.15) is 0 Å². The first-order valence-electron chi connectivity index (χ1n) is 6.45. The van der Waals surface area contributed by atoms with Crippen LogP contribution in [0.15, 0.2) is 12.1 Å². The van der Waals surface area contributed by atoms with Gasteiger partial charge in [-0.25, -0.2) is 8.78 Å². The molecule has 0 spiro atoms. The Morgan fingerprint density at radius 1 is 1.28 bits per heavy atom. The molecule has 1 saturated carbocycles. The van der Waals surface area contributed by atoms with Crippen LogP contribution in [0.5, 0.6) is 5.75 Å². The van der Waals surface area contributed by atoms with E-state index < -0.39 is 17.4 Å². The molecule has 2 unspecified atom stereocenters. The molecular formula is C14H19F2NO. The fourth-order valence-corrected chi connectivity index (χ4v) is 2.65. The van der Waals surface area contributed by atoms with Crippen molar-refractivity contribution in [2.24, 2.45) is 11.8 Å². The minimum absolute atomic E-state index is 0.428. The van der Waals surface area contributed by atoms with Crippen molar-refractivity contribution in [1.29, 1.82) is 0 Å². The third-order valence-corrected chi connectivity index (χ3v) is 3.85. The SMILES string of the molecule is CC1CCCC1CNCc1cc(F)c(O)c(F)c1. The van der Waals surface area contributed by atoms with Crippen molar-refractivity contribution in [1.82, 2.24) is 5.32 Å². The van der Waals surface area contributed by atoms with E-state index in [0.29, 0.717) is 18.0 Å². The fourth-order valence-electron chi connectivity index (χ4n) is 2.65. The molecule has 1 aliphatic carbocycles. The van der Waals surface area contributed by atoms with E-state index in [1.165, 1.54) is 31.4 Å². The van der Waals surface area contributed by atoms with Crippen LogP contribution >= 0.6 is 0 Å². The van der Waals surface area contributed by atoms with Crippen LogP contribution in [0.25, 0.3) is 0 Å². The molecule has 0 aliphatic heterocycles. The molecule has 0 saturated heterocycles. The second-order valence-electron chi connectivity index (χ2n) is 5.21. The minimum atomic E-state index is -0.902. The lowest BCUT2D eigenvalue weighted by atomic mass is 9.98. The second kappa shape index (κ2) is 5.65. The van der Waals surface area contributed by atoms with Gasteiger partial charge in [0.15, 0.2) is 17.4 Å². The molecule has 4 heteroatoms. The van der Waals surface area contributed by atoms with Gasteiger partial charge in [-0.15, -0.1) is 0 Å². The van der Waals surface area contributed by atoms with Crippen LogP contribution in [0.1, 0.15) is 31.7 Å². The number of rotatable bonds is 4. The summed E-state index contributed by atoms with van der Waals surface area (Å²) >= 11 is 0. The molecular weight excluding hydrogens is 236 g/mol. The molecule has 2 atom stereocenters. The topological polar surface area (TPSA) is 32.3 Å². The smallest absolute Gasteiger partial charge is 0.187 e. The number of aromatic hydroxyl groups is 1. The molecule has 0 aromatic heterocycles. The van der Waals surface area contributed by atoms with Crippen molar-refractivity contribution >= 4 is 0 Å². The molecule has 18 heavy (non-hydrogen) atoms. The van der Waals surface area contributed by atoms with Gasteiger partial charge in [0.1, 0.15) is 0 Å². The van der Waals surface area contributed by atoms with Crippen molar-refractivity contribution in [2.75, 3.05) is 6.54 Å². The maximum absolute atomic E-state index is 13.1. The Morgan fingerprint density at radius 2 is 1.94 bits per heavy atom. The Kier molecular flexibility index (Phi) is 4.17. The summed E-state index contributed by atoms with van der Waals surface area (Å²) in [6, 6.07) is 2.34. The normalized spacial score (nSPS) is 23.5. The summed E-state index contributed by atoms with van der Waals surface area (Å²) in [5, 5.41) is 12.2. The predicted molar refractivity (Wildman–Crippen MR) is 66.2 cm³/mol. The molecule has 1 fully saturated rings. The van der Waals surface area contributed by atoms with Crippen LogP contribution in [0, 0.1) is 23.5 Å². The van der Waals surface area contributed by atoms with Gasteiger partial charge in [0, 0.05) is 6.54 Å². The van der Waals surface area contributed by atoms with Crippen molar-refractivity contribution < 1.29 is 13.9 Å². The molecule has 1 aromatic rings. The number of phenols is 1. The highest BCUT2D eigenvalue weighted by Crippen LogP contribution is 2.30. The fraction of sp³-hybridized carbons (Fsp3) is 0.571. The summed E-state index contributed by atoms with van der Waals surface area (Å²) in [5.74, 6) is -1.31. The maximum atomic E-state index is 13.1. The average molecular weight is 255 g/mol. The van der Waals surface area contributed by atoms with Gasteiger partial charge in [-0.1, -0.05) is 19.8 Å². The monoisotopic (exact) mass is 255 g/mol. The molecule has 0 radical (unpaired) electrons. The third-order valence-electron chi connectivity index (χ3n) is 3.85. The van der Waals surface area contributed by atoms with E-state index in [9.17, 15) is 8.78 Å². The average Bonchev–Trinajstić information content (AvgIpc) is 2.72. The Hall–Kier alpha value is -1.16. The summed E-state index contributed by atoms with van der Waals surface area (Å²) < 4.78 is 26.2. The third kappa shape index (κ3) is 2.99. The van der Waals surface area contributed by atoms with Crippen LogP contribution in [0.2, 0.25) is 0 Å². The quantitative estimate of drug-likeness (QED) is 0.866. The second-order valence-corrected chi connectivity index (χ2v) is 5.21. The van der Waals surface area contributed by atoms with E-state index in [2.05, 4.69) is 12.2 Å². The lowest BCUT2D eigenvalue weighted by Gasteiger charge is -2.16. The highest BCUT2D eigenvalue weighted by molar-refractivity contribution is 5.29. The molecule has 2 nitrogen and oxygen atoms in total. The molecule has 0 heterocycles. The van der Waals surface area contributed by atoms with Crippen LogP contribution in [0.3, 0.4) is 0 Å². The number of hydrogen-bond donors (Lipinski definition) is 2. The van der Waals surface area contributed by atoms with Gasteiger partial charge < -0.3 is 10.4 Å². The molecule has 100 valence electrons. The van der Waals surface area contributed by atoms with Gasteiger partial charge in [0.25, 0.3) is 0 Å². The van der Waals surface area contributed by atoms with E-state index >= 15 is 0 Å². The molecule has 0 bridgehead atoms. The Balaban J connectivity index is 1.87. The first kappa shape index (κ1) is 13.3. The lowest BCUT2D eigenvalue weighted by Crippen LogP contribution is -2.24. The van der Waals surface area contributed by atoms with E-state index in [0.717, 1.165) is 12.5 Å². The van der Waals surface area contributed by atoms with E-state index in [1.54, 1.807) is 0 Å². The van der Waals surface area contributed by atoms with Crippen LogP contribution in [0.4, 0.5) is 8.78 Å². The van der Waals surface area contributed by atoms with E-state index in [1.807, 2.05) is 0 Å². The van der Waals surface area contributed by atoms with Crippen LogP contribution < -0.4 is 5.32 Å². The number of benzene rings is 1. The van der Waals surface area contributed by atoms with Crippen molar-refractivity contribution in [2.45, 2.75) is 32.7 Å². The Morgan fingerprint density at radius 3 is 2.50 bits per heavy atom. The minimum Gasteiger partial charge on any atom is -0.503 e. The highest BCUT2D eigenvalue weighted by Gasteiger charge is 2.22. The summed E-state index contributed by atoms with van der Waals surface area (Å²) in [5.41, 5.74) is 0.522. The standard InChI is InChI=1S/C14H19F2NO/c1-9-3-2-4-11(9)8-17-7-10-5-12(15)14(18)13(16)6-10/h5-6,9,11,17-18H,2-4,7-8H2,1H3. The van der Waals surface area contributed by atoms with Gasteiger partial charge >= 0.3 is 0 Å².